The molecule has 0 radical (unpaired) electrons. The first-order valence-corrected chi connectivity index (χ1v) is 9.80. The van der Waals surface area contributed by atoms with E-state index in [9.17, 15) is 9.59 Å². The van der Waals surface area contributed by atoms with Gasteiger partial charge in [0.05, 0.1) is 6.54 Å². The Morgan fingerprint density at radius 2 is 1.50 bits per heavy atom. The highest BCUT2D eigenvalue weighted by molar-refractivity contribution is 5.94. The van der Waals surface area contributed by atoms with Gasteiger partial charge in [-0.1, -0.05) is 57.2 Å². The molecule has 1 N–H and O–H groups in total. The topological polar surface area (TPSA) is 52.7 Å². The molecule has 1 heterocycles. The highest BCUT2D eigenvalue weighted by Gasteiger charge is 2.24. The molecule has 1 saturated heterocycles. The van der Waals surface area contributed by atoms with Crippen LogP contribution in [0.15, 0.2) is 54.6 Å². The third kappa shape index (κ3) is 4.98. The van der Waals surface area contributed by atoms with Crippen LogP contribution in [0.2, 0.25) is 0 Å². The van der Waals surface area contributed by atoms with Gasteiger partial charge < -0.3 is 10.2 Å². The molecule has 0 aromatic heterocycles. The zero-order chi connectivity index (χ0) is 20.1. The molecule has 1 fully saturated rings. The van der Waals surface area contributed by atoms with Crippen molar-refractivity contribution in [2.24, 2.45) is 0 Å². The van der Waals surface area contributed by atoms with Gasteiger partial charge in [0.1, 0.15) is 0 Å². The van der Waals surface area contributed by atoms with Crippen LogP contribution in [0.3, 0.4) is 0 Å². The van der Waals surface area contributed by atoms with Crippen molar-refractivity contribution < 1.29 is 9.59 Å². The maximum atomic E-state index is 12.6. The van der Waals surface area contributed by atoms with Crippen LogP contribution in [0.4, 0.5) is 5.69 Å². The highest BCUT2D eigenvalue weighted by Crippen LogP contribution is 2.29. The first-order chi connectivity index (χ1) is 13.3. The minimum absolute atomic E-state index is 0.0143. The molecule has 0 atom stereocenters. The number of nitrogens with one attached hydrogen (secondary N) is 1. The van der Waals surface area contributed by atoms with Crippen LogP contribution in [0.5, 0.6) is 0 Å². The molecule has 0 bridgehead atoms. The predicted molar refractivity (Wildman–Crippen MR) is 113 cm³/mol. The predicted octanol–water partition coefficient (Wildman–Crippen LogP) is 3.38. The summed E-state index contributed by atoms with van der Waals surface area (Å²) >= 11 is 0. The Morgan fingerprint density at radius 3 is 2.14 bits per heavy atom. The van der Waals surface area contributed by atoms with Crippen molar-refractivity contribution in [1.82, 2.24) is 9.80 Å². The molecule has 0 aliphatic carbocycles. The molecular weight excluding hydrogens is 350 g/mol. The van der Waals surface area contributed by atoms with Crippen molar-refractivity contribution in [2.75, 3.05) is 38.0 Å². The van der Waals surface area contributed by atoms with Gasteiger partial charge in [-0.15, -0.1) is 0 Å². The molecule has 5 heteroatoms. The molecule has 1 aliphatic heterocycles. The fourth-order valence-corrected chi connectivity index (χ4v) is 3.51. The van der Waals surface area contributed by atoms with E-state index in [1.54, 1.807) is 0 Å². The van der Waals surface area contributed by atoms with Gasteiger partial charge >= 0.3 is 0 Å². The van der Waals surface area contributed by atoms with Crippen LogP contribution in [-0.4, -0.2) is 54.3 Å². The lowest BCUT2D eigenvalue weighted by atomic mass is 9.86. The van der Waals surface area contributed by atoms with E-state index in [2.05, 4.69) is 37.1 Å². The summed E-state index contributed by atoms with van der Waals surface area (Å²) in [7, 11) is 0. The Kier molecular flexibility index (Phi) is 6.15. The number of amides is 2. The van der Waals surface area contributed by atoms with E-state index in [1.165, 1.54) is 0 Å². The molecule has 2 aromatic carbocycles. The van der Waals surface area contributed by atoms with Crippen LogP contribution in [0.25, 0.3) is 0 Å². The Balaban J connectivity index is 1.53. The number of rotatable bonds is 4. The molecular formula is C23H29N3O2. The second kappa shape index (κ2) is 8.57. The van der Waals surface area contributed by atoms with Crippen LogP contribution in [0, 0.1) is 0 Å². The number of hydrogen-bond acceptors (Lipinski definition) is 3. The Labute approximate surface area is 167 Å². The molecule has 0 spiro atoms. The molecule has 1 aliphatic rings. The van der Waals surface area contributed by atoms with Gasteiger partial charge in [-0.25, -0.2) is 0 Å². The van der Waals surface area contributed by atoms with Gasteiger partial charge in [-0.3, -0.25) is 14.5 Å². The zero-order valence-electron chi connectivity index (χ0n) is 16.9. The third-order valence-corrected chi connectivity index (χ3v) is 5.06. The van der Waals surface area contributed by atoms with Crippen molar-refractivity contribution in [3.8, 4) is 0 Å². The molecule has 3 rings (SSSR count). The molecule has 28 heavy (non-hydrogen) atoms. The summed E-state index contributed by atoms with van der Waals surface area (Å²) in [5.74, 6) is 0.0448. The summed E-state index contributed by atoms with van der Waals surface area (Å²) in [5.41, 5.74) is 2.68. The van der Waals surface area contributed by atoms with E-state index in [1.807, 2.05) is 53.4 Å². The number of piperazine rings is 1. The van der Waals surface area contributed by atoms with Crippen LogP contribution < -0.4 is 5.32 Å². The number of carbonyl (C=O) groups excluding carboxylic acids is 2. The van der Waals surface area contributed by atoms with Gasteiger partial charge in [0.25, 0.3) is 5.91 Å². The number of benzene rings is 2. The van der Waals surface area contributed by atoms with E-state index < -0.39 is 0 Å². The van der Waals surface area contributed by atoms with Crippen molar-refractivity contribution in [2.45, 2.75) is 26.2 Å². The lowest BCUT2D eigenvalue weighted by Crippen LogP contribution is -2.50. The average molecular weight is 380 g/mol. The minimum Gasteiger partial charge on any atom is -0.336 e. The van der Waals surface area contributed by atoms with Crippen molar-refractivity contribution in [3.63, 3.8) is 0 Å². The average Bonchev–Trinajstić information content (AvgIpc) is 2.68. The lowest BCUT2D eigenvalue weighted by molar-refractivity contribution is -0.117. The van der Waals surface area contributed by atoms with Gasteiger partial charge in [0, 0.05) is 37.4 Å². The number of anilines is 1. The van der Waals surface area contributed by atoms with E-state index in [0.717, 1.165) is 11.3 Å². The Bertz CT molecular complexity index is 819. The summed E-state index contributed by atoms with van der Waals surface area (Å²) in [6.07, 6.45) is 0. The number of nitrogens with zero attached hydrogens (tertiary/aromatic N) is 2. The lowest BCUT2D eigenvalue weighted by Gasteiger charge is -2.34. The van der Waals surface area contributed by atoms with Crippen molar-refractivity contribution in [3.05, 3.63) is 65.7 Å². The summed E-state index contributed by atoms with van der Waals surface area (Å²) in [6, 6.07) is 17.3. The van der Waals surface area contributed by atoms with Crippen molar-refractivity contribution in [1.29, 1.82) is 0 Å². The SMILES string of the molecule is CC(C)(C)c1ccccc1NC(=O)CN1CCN(C(=O)c2ccccc2)CC1. The highest BCUT2D eigenvalue weighted by atomic mass is 16.2. The number of hydrogen-bond donors (Lipinski definition) is 1. The zero-order valence-corrected chi connectivity index (χ0v) is 16.9. The Hall–Kier alpha value is -2.66. The first-order valence-electron chi connectivity index (χ1n) is 9.80. The monoisotopic (exact) mass is 379 g/mol. The van der Waals surface area contributed by atoms with Crippen LogP contribution in [-0.2, 0) is 10.2 Å². The molecule has 0 unspecified atom stereocenters. The fourth-order valence-electron chi connectivity index (χ4n) is 3.51. The van der Waals surface area contributed by atoms with Gasteiger partial charge in [0.15, 0.2) is 0 Å². The summed E-state index contributed by atoms with van der Waals surface area (Å²) < 4.78 is 0. The second-order valence-corrected chi connectivity index (χ2v) is 8.28. The third-order valence-electron chi connectivity index (χ3n) is 5.06. The van der Waals surface area contributed by atoms with Gasteiger partial charge in [-0.2, -0.15) is 0 Å². The first kappa shape index (κ1) is 20.1. The van der Waals surface area contributed by atoms with E-state index in [0.29, 0.717) is 38.3 Å². The van der Waals surface area contributed by atoms with Gasteiger partial charge in [-0.05, 0) is 29.2 Å². The van der Waals surface area contributed by atoms with E-state index in [-0.39, 0.29) is 17.2 Å². The standard InChI is InChI=1S/C23H29N3O2/c1-23(2,3)19-11-7-8-12-20(19)24-21(27)17-25-13-15-26(16-14-25)22(28)18-9-5-4-6-10-18/h4-12H,13-17H2,1-3H3,(H,24,27). The quantitative estimate of drug-likeness (QED) is 0.886. The summed E-state index contributed by atoms with van der Waals surface area (Å²) in [6.45, 7) is 9.44. The van der Waals surface area contributed by atoms with Crippen LogP contribution in [0.1, 0.15) is 36.7 Å². The molecule has 0 saturated carbocycles. The maximum absolute atomic E-state index is 12.6. The number of carbonyl (C=O) groups is 2. The van der Waals surface area contributed by atoms with Gasteiger partial charge in [0.2, 0.25) is 5.91 Å². The maximum Gasteiger partial charge on any atom is 0.253 e. The Morgan fingerprint density at radius 1 is 0.893 bits per heavy atom. The van der Waals surface area contributed by atoms with Crippen molar-refractivity contribution >= 4 is 17.5 Å². The summed E-state index contributed by atoms with van der Waals surface area (Å²) in [5, 5.41) is 3.06. The van der Waals surface area contributed by atoms with E-state index >= 15 is 0 Å². The normalized spacial score (nSPS) is 15.3. The molecule has 5 nitrogen and oxygen atoms in total. The van der Waals surface area contributed by atoms with Crippen LogP contribution >= 0.6 is 0 Å². The number of para-hydroxylation sites is 1. The molecule has 2 aromatic rings. The summed E-state index contributed by atoms with van der Waals surface area (Å²) in [4.78, 5) is 29.1. The largest absolute Gasteiger partial charge is 0.336 e. The molecule has 2 amide bonds. The van der Waals surface area contributed by atoms with E-state index in [4.69, 9.17) is 0 Å². The smallest absolute Gasteiger partial charge is 0.253 e. The second-order valence-electron chi connectivity index (χ2n) is 8.28. The minimum atomic E-state index is -0.0344. The molecule has 148 valence electrons. The fraction of sp³-hybridized carbons (Fsp3) is 0.391.